The van der Waals surface area contributed by atoms with E-state index in [0.717, 1.165) is 106 Å². The molecule has 17 heteroatoms. The van der Waals surface area contributed by atoms with Crippen molar-refractivity contribution in [2.24, 2.45) is 18.4 Å². The third-order valence-electron chi connectivity index (χ3n) is 16.7. The maximum atomic E-state index is 14.2. The maximum absolute atomic E-state index is 14.2. The Balaban J connectivity index is 0.837. The molecule has 4 fully saturated rings. The monoisotopic (exact) mass is 1040 g/mol. The highest BCUT2D eigenvalue weighted by Crippen LogP contribution is 2.53. The standard InChI is InChI=1S/C58H70N8O8S/c1-39(2)47-8-6-7-9-48(47)54-38-63(37-41-10-13-44(73-5)14-11-41)28-29-65(54)43-33-58(34-43)23-26-64(27-24-58)42-12-16-49(55(30-42)74-45-31-52-51(60-36-45)20-25-62(52)4)56(67)61-75(71,72)46-15-17-50(53(32-46)66(69)70)59-35-40-18-21-57(3,68)22-19-40/h6-17,20,25,30-32,36,39-40,43,54,59,68H,18-19,21-24,26-29,33-35,37-38H2,1-5H3,(H,61,67). The first-order chi connectivity index (χ1) is 35.9. The Labute approximate surface area is 440 Å². The second-order valence-corrected chi connectivity index (χ2v) is 23.8. The Morgan fingerprint density at radius 2 is 1.67 bits per heavy atom. The third kappa shape index (κ3) is 11.4. The van der Waals surface area contributed by atoms with E-state index >= 15 is 0 Å². The van der Waals surface area contributed by atoms with Crippen molar-refractivity contribution < 1.29 is 32.7 Å². The number of aromatic nitrogens is 2. The Hall–Kier alpha value is -6.53. The second-order valence-electron chi connectivity index (χ2n) is 22.1. The van der Waals surface area contributed by atoms with Gasteiger partial charge in [-0.25, -0.2) is 13.1 Å². The summed E-state index contributed by atoms with van der Waals surface area (Å²) >= 11 is 0. The van der Waals surface area contributed by atoms with Crippen molar-refractivity contribution in [2.45, 2.75) is 107 Å². The summed E-state index contributed by atoms with van der Waals surface area (Å²) in [6.45, 7) is 12.3. The summed E-state index contributed by atoms with van der Waals surface area (Å²) in [7, 11) is -0.991. The average Bonchev–Trinajstić information content (AvgIpc) is 3.76. The van der Waals surface area contributed by atoms with E-state index in [4.69, 9.17) is 9.47 Å². The molecule has 4 aromatic carbocycles. The van der Waals surface area contributed by atoms with Crippen molar-refractivity contribution >= 4 is 44.0 Å². The predicted octanol–water partition coefficient (Wildman–Crippen LogP) is 10.2. The van der Waals surface area contributed by atoms with E-state index in [1.165, 1.54) is 28.8 Å². The topological polar surface area (TPSA) is 185 Å². The number of nitrogens with one attached hydrogen (secondary N) is 2. The third-order valence-corrected chi connectivity index (χ3v) is 18.0. The minimum absolute atomic E-state index is 0.0263. The van der Waals surface area contributed by atoms with Crippen LogP contribution in [0.25, 0.3) is 11.0 Å². The van der Waals surface area contributed by atoms with Gasteiger partial charge < -0.3 is 29.4 Å². The van der Waals surface area contributed by atoms with Crippen LogP contribution in [0, 0.1) is 21.4 Å². The molecule has 1 unspecified atom stereocenters. The quantitative estimate of drug-likeness (QED) is 0.0615. The van der Waals surface area contributed by atoms with Gasteiger partial charge >= 0.3 is 0 Å². The summed E-state index contributed by atoms with van der Waals surface area (Å²) in [5, 5.41) is 25.7. The highest BCUT2D eigenvalue weighted by molar-refractivity contribution is 7.90. The zero-order valence-electron chi connectivity index (χ0n) is 43.7. The van der Waals surface area contributed by atoms with Gasteiger partial charge in [0.15, 0.2) is 0 Å². The molecule has 1 amide bonds. The normalized spacial score (nSPS) is 21.5. The number of nitro groups is 1. The number of rotatable bonds is 16. The summed E-state index contributed by atoms with van der Waals surface area (Å²) in [6.07, 6.45) is 10.6. The molecular weight excluding hydrogens is 969 g/mol. The number of piperidine rings is 1. The molecule has 0 radical (unpaired) electrons. The van der Waals surface area contributed by atoms with Gasteiger partial charge in [-0.1, -0.05) is 50.2 Å². The number of ether oxygens (including phenoxy) is 2. The first-order valence-electron chi connectivity index (χ1n) is 26.4. The van der Waals surface area contributed by atoms with Crippen molar-refractivity contribution in [3.05, 3.63) is 142 Å². The number of hydrogen-bond donors (Lipinski definition) is 3. The van der Waals surface area contributed by atoms with E-state index < -0.39 is 37.0 Å². The lowest BCUT2D eigenvalue weighted by molar-refractivity contribution is -0.384. The van der Waals surface area contributed by atoms with Gasteiger partial charge in [-0.15, -0.1) is 0 Å². The van der Waals surface area contributed by atoms with E-state index in [9.17, 15) is 28.4 Å². The van der Waals surface area contributed by atoms with E-state index in [0.29, 0.717) is 43.1 Å². The van der Waals surface area contributed by atoms with E-state index in [-0.39, 0.29) is 28.3 Å². The molecule has 10 rings (SSSR count). The number of anilines is 2. The van der Waals surface area contributed by atoms with Crippen LogP contribution in [-0.2, 0) is 23.6 Å². The van der Waals surface area contributed by atoms with Gasteiger partial charge in [-0.2, -0.15) is 0 Å². The number of nitrogens with zero attached hydrogens (tertiary/aromatic N) is 6. The van der Waals surface area contributed by atoms with Gasteiger partial charge in [-0.3, -0.25) is 29.7 Å². The number of aryl methyl sites for hydroxylation is 1. The van der Waals surface area contributed by atoms with Crippen molar-refractivity contribution in [3.8, 4) is 17.2 Å². The van der Waals surface area contributed by atoms with Crippen LogP contribution in [0.1, 0.15) is 111 Å². The van der Waals surface area contributed by atoms with Crippen LogP contribution < -0.4 is 24.4 Å². The van der Waals surface area contributed by atoms with Gasteiger partial charge in [0, 0.05) is 95.0 Å². The van der Waals surface area contributed by atoms with Crippen LogP contribution in [0.2, 0.25) is 0 Å². The maximum Gasteiger partial charge on any atom is 0.293 e. The number of amides is 1. The van der Waals surface area contributed by atoms with Crippen LogP contribution in [0.3, 0.4) is 0 Å². The van der Waals surface area contributed by atoms with Crippen LogP contribution in [0.15, 0.2) is 114 Å². The van der Waals surface area contributed by atoms with Crippen LogP contribution in [-0.4, -0.2) is 102 Å². The molecule has 2 aromatic heterocycles. The molecule has 16 nitrogen and oxygen atoms in total. The van der Waals surface area contributed by atoms with Gasteiger partial charge in [0.25, 0.3) is 21.6 Å². The molecule has 4 heterocycles. The van der Waals surface area contributed by atoms with Crippen molar-refractivity contribution in [2.75, 3.05) is 56.6 Å². The van der Waals surface area contributed by atoms with E-state index in [1.54, 1.807) is 25.4 Å². The molecule has 75 heavy (non-hydrogen) atoms. The van der Waals surface area contributed by atoms with Gasteiger partial charge in [0.2, 0.25) is 0 Å². The molecule has 3 N–H and O–H groups in total. The van der Waals surface area contributed by atoms with E-state index in [1.807, 2.05) is 55.1 Å². The largest absolute Gasteiger partial charge is 0.497 e. The first kappa shape index (κ1) is 51.9. The lowest BCUT2D eigenvalue weighted by Crippen LogP contribution is -2.60. The minimum atomic E-state index is -4.59. The number of carbonyl (C=O) groups excluding carboxylic acids is 1. The molecule has 4 aliphatic rings. The fourth-order valence-corrected chi connectivity index (χ4v) is 13.1. The van der Waals surface area contributed by atoms with Crippen molar-refractivity contribution in [1.82, 2.24) is 24.1 Å². The first-order valence-corrected chi connectivity index (χ1v) is 27.9. The zero-order chi connectivity index (χ0) is 52.6. The summed E-state index contributed by atoms with van der Waals surface area (Å²) in [5.74, 6) is 1.05. The SMILES string of the molecule is COc1ccc(CN2CCN(C3CC4(CCN(c5ccc(C(=O)NS(=O)(=O)c6ccc(NCC7CCC(C)(O)CC7)c([N+](=O)[O-])c6)c(Oc6cnc7ccn(C)c7c6)c5)CC4)C3)C(c3ccccc3C(C)C)C2)cc1. The number of piperazine rings is 1. The number of nitro benzene ring substituents is 1. The predicted molar refractivity (Wildman–Crippen MR) is 291 cm³/mol. The zero-order valence-corrected chi connectivity index (χ0v) is 44.5. The molecule has 0 bridgehead atoms. The number of fused-ring (bicyclic) bond motifs is 1. The van der Waals surface area contributed by atoms with Gasteiger partial charge in [0.05, 0.1) is 45.3 Å². The Morgan fingerprint density at radius 3 is 2.39 bits per heavy atom. The van der Waals surface area contributed by atoms with Gasteiger partial charge in [0.1, 0.15) is 22.9 Å². The number of methoxy groups -OCH3 is 1. The number of hydrogen-bond acceptors (Lipinski definition) is 13. The molecule has 396 valence electrons. The number of sulfonamides is 1. The van der Waals surface area contributed by atoms with E-state index in [2.05, 4.69) is 80.0 Å². The molecule has 2 saturated heterocycles. The van der Waals surface area contributed by atoms with Crippen molar-refractivity contribution in [1.29, 1.82) is 0 Å². The molecule has 2 aliphatic carbocycles. The Kier molecular flexibility index (Phi) is 14.7. The van der Waals surface area contributed by atoms with Crippen LogP contribution in [0.4, 0.5) is 17.1 Å². The summed E-state index contributed by atoms with van der Waals surface area (Å²) < 4.78 is 43.7. The summed E-state index contributed by atoms with van der Waals surface area (Å²) in [4.78, 5) is 37.6. The Bertz CT molecular complexity index is 3150. The highest BCUT2D eigenvalue weighted by atomic mass is 32.2. The number of carbonyl (C=O) groups is 1. The number of benzene rings is 4. The number of pyridine rings is 1. The minimum Gasteiger partial charge on any atom is -0.497 e. The lowest BCUT2D eigenvalue weighted by Gasteiger charge is -2.58. The summed E-state index contributed by atoms with van der Waals surface area (Å²) in [5.41, 5.74) is 5.80. The van der Waals surface area contributed by atoms with Crippen LogP contribution >= 0.6 is 0 Å². The summed E-state index contributed by atoms with van der Waals surface area (Å²) in [6, 6.07) is 30.7. The fraction of sp³-hybridized carbons (Fsp3) is 0.448. The molecule has 1 atom stereocenters. The average molecular weight is 1040 g/mol. The molecular formula is C58H70N8O8S. The van der Waals surface area contributed by atoms with Crippen molar-refractivity contribution in [3.63, 3.8) is 0 Å². The second kappa shape index (κ2) is 21.2. The molecule has 2 aliphatic heterocycles. The molecule has 2 saturated carbocycles. The molecule has 1 spiro atoms. The fourth-order valence-electron chi connectivity index (χ4n) is 12.1. The molecule has 6 aromatic rings. The smallest absolute Gasteiger partial charge is 0.293 e. The Morgan fingerprint density at radius 1 is 0.920 bits per heavy atom. The highest BCUT2D eigenvalue weighted by Gasteiger charge is 2.50. The lowest BCUT2D eigenvalue weighted by atomic mass is 9.59. The van der Waals surface area contributed by atoms with Gasteiger partial charge in [-0.05, 0) is 135 Å². The van der Waals surface area contributed by atoms with Crippen LogP contribution in [0.5, 0.6) is 17.2 Å². The number of aliphatic hydroxyl groups is 1.